The van der Waals surface area contributed by atoms with Gasteiger partial charge in [-0.2, -0.15) is 0 Å². The number of halogens is 1. The van der Waals surface area contributed by atoms with Gasteiger partial charge in [0.2, 0.25) is 5.78 Å². The smallest absolute Gasteiger partial charge is 0.375 e. The Morgan fingerprint density at radius 2 is 2.12 bits per heavy atom. The Bertz CT molecular complexity index is 424. The van der Waals surface area contributed by atoms with Crippen molar-refractivity contribution in [1.29, 1.82) is 0 Å². The van der Waals surface area contributed by atoms with Crippen LogP contribution in [0.15, 0.2) is 15.9 Å². The Labute approximate surface area is 105 Å². The van der Waals surface area contributed by atoms with Crippen LogP contribution in [0.1, 0.15) is 23.0 Å². The second-order valence-corrected chi connectivity index (χ2v) is 4.70. The van der Waals surface area contributed by atoms with Crippen LogP contribution in [0.25, 0.3) is 0 Å². The highest BCUT2D eigenvalue weighted by Crippen LogP contribution is 2.21. The van der Waals surface area contributed by atoms with Crippen molar-refractivity contribution in [3.8, 4) is 0 Å². The number of thiophene rings is 1. The zero-order valence-electron chi connectivity index (χ0n) is 8.49. The maximum absolute atomic E-state index is 11.5. The first-order valence-corrected chi connectivity index (χ1v) is 6.19. The zero-order valence-corrected chi connectivity index (χ0v) is 10.9. The van der Waals surface area contributed by atoms with Crippen molar-refractivity contribution in [3.05, 3.63) is 20.8 Å². The Morgan fingerprint density at radius 1 is 1.44 bits per heavy atom. The van der Waals surface area contributed by atoms with Crippen molar-refractivity contribution < 1.29 is 19.1 Å². The molecule has 0 fully saturated rings. The monoisotopic (exact) mass is 304 g/mol. The molecule has 0 aliphatic heterocycles. The molecule has 0 radical (unpaired) electrons. The van der Waals surface area contributed by atoms with Gasteiger partial charge in [-0.25, -0.2) is 4.79 Å². The average molecular weight is 305 g/mol. The van der Waals surface area contributed by atoms with Gasteiger partial charge in [-0.1, -0.05) is 0 Å². The van der Waals surface area contributed by atoms with Crippen molar-refractivity contribution >= 4 is 44.8 Å². The van der Waals surface area contributed by atoms with Gasteiger partial charge in [0.1, 0.15) is 0 Å². The summed E-state index contributed by atoms with van der Waals surface area (Å²) in [6.45, 7) is 1.73. The first-order valence-electron chi connectivity index (χ1n) is 4.51. The fourth-order valence-electron chi connectivity index (χ4n) is 0.976. The fourth-order valence-corrected chi connectivity index (χ4v) is 2.34. The van der Waals surface area contributed by atoms with Crippen molar-refractivity contribution in [2.24, 2.45) is 0 Å². The molecule has 0 aliphatic carbocycles. The van der Waals surface area contributed by atoms with E-state index in [2.05, 4.69) is 20.7 Å². The van der Waals surface area contributed by atoms with Crippen LogP contribution in [0.4, 0.5) is 0 Å². The fraction of sp³-hybridized carbons (Fsp3) is 0.300. The molecule has 1 aromatic rings. The lowest BCUT2D eigenvalue weighted by molar-refractivity contribution is -0.153. The minimum atomic E-state index is -0.952. The summed E-state index contributed by atoms with van der Waals surface area (Å²) in [6.07, 6.45) is -0.439. The number of hydrogen-bond donors (Lipinski definition) is 0. The molecule has 4 nitrogen and oxygen atoms in total. The Hall–Kier alpha value is -1.01. The van der Waals surface area contributed by atoms with Crippen LogP contribution in [-0.4, -0.2) is 24.1 Å². The van der Waals surface area contributed by atoms with Crippen molar-refractivity contribution in [1.82, 2.24) is 0 Å². The lowest BCUT2D eigenvalue weighted by Gasteiger charge is -1.99. The predicted molar refractivity (Wildman–Crippen MR) is 62.6 cm³/mol. The summed E-state index contributed by atoms with van der Waals surface area (Å²) in [5.74, 6) is -2.13. The summed E-state index contributed by atoms with van der Waals surface area (Å²) in [6, 6.07) is 1.62. The molecular weight excluding hydrogens is 296 g/mol. The molecule has 0 unspecified atom stereocenters. The minimum absolute atomic E-state index is 0.128. The maximum atomic E-state index is 11.5. The van der Waals surface area contributed by atoms with Crippen LogP contribution in [0, 0.1) is 0 Å². The summed E-state index contributed by atoms with van der Waals surface area (Å²) in [4.78, 5) is 34.2. The lowest BCUT2D eigenvalue weighted by atomic mass is 10.2. The number of carbonyl (C=O) groups excluding carboxylic acids is 3. The Kier molecular flexibility index (Phi) is 4.82. The van der Waals surface area contributed by atoms with E-state index in [0.717, 1.165) is 4.47 Å². The summed E-state index contributed by atoms with van der Waals surface area (Å²) < 4.78 is 5.28. The molecular formula is C10H9BrO4S. The molecule has 16 heavy (non-hydrogen) atoms. The van der Waals surface area contributed by atoms with E-state index in [0.29, 0.717) is 4.88 Å². The molecule has 0 amide bonds. The maximum Gasteiger partial charge on any atom is 0.375 e. The molecule has 0 aliphatic rings. The van der Waals surface area contributed by atoms with Crippen LogP contribution in [0.5, 0.6) is 0 Å². The van der Waals surface area contributed by atoms with Gasteiger partial charge >= 0.3 is 5.97 Å². The first kappa shape index (κ1) is 13.1. The second kappa shape index (κ2) is 5.91. The summed E-state index contributed by atoms with van der Waals surface area (Å²) in [5.41, 5.74) is 0. The normalized spacial score (nSPS) is 9.88. The summed E-state index contributed by atoms with van der Waals surface area (Å²) in [7, 11) is 0. The van der Waals surface area contributed by atoms with Crippen LogP contribution in [-0.2, 0) is 14.3 Å². The Morgan fingerprint density at radius 3 is 2.62 bits per heavy atom. The van der Waals surface area contributed by atoms with E-state index >= 15 is 0 Å². The number of hydrogen-bond acceptors (Lipinski definition) is 5. The number of esters is 1. The molecule has 1 rings (SSSR count). The highest BCUT2D eigenvalue weighted by Gasteiger charge is 2.20. The Balaban J connectivity index is 2.58. The van der Waals surface area contributed by atoms with E-state index < -0.39 is 18.2 Å². The zero-order chi connectivity index (χ0) is 12.1. The SMILES string of the molecule is CCOC(=O)C(=O)CC(=O)c1cc(Br)cs1. The van der Waals surface area contributed by atoms with E-state index in [4.69, 9.17) is 0 Å². The largest absolute Gasteiger partial charge is 0.460 e. The van der Waals surface area contributed by atoms with Crippen LogP contribution in [0.3, 0.4) is 0 Å². The molecule has 0 spiro atoms. The number of rotatable bonds is 5. The molecule has 1 aromatic heterocycles. The molecule has 0 saturated heterocycles. The molecule has 86 valence electrons. The van der Waals surface area contributed by atoms with Gasteiger partial charge in [0.15, 0.2) is 5.78 Å². The lowest BCUT2D eigenvalue weighted by Crippen LogP contribution is -2.20. The van der Waals surface area contributed by atoms with Crippen molar-refractivity contribution in [2.75, 3.05) is 6.61 Å². The highest BCUT2D eigenvalue weighted by molar-refractivity contribution is 9.10. The molecule has 0 saturated carbocycles. The minimum Gasteiger partial charge on any atom is -0.460 e. The predicted octanol–water partition coefficient (Wildman–Crippen LogP) is 2.22. The standard InChI is InChI=1S/C10H9BrO4S/c1-2-15-10(14)8(13)4-7(12)9-3-6(11)5-16-9/h3,5H,2,4H2,1H3. The van der Waals surface area contributed by atoms with Gasteiger partial charge in [-0.15, -0.1) is 11.3 Å². The molecule has 0 N–H and O–H groups in total. The average Bonchev–Trinajstić information content (AvgIpc) is 2.65. The third kappa shape index (κ3) is 3.53. The van der Waals surface area contributed by atoms with E-state index in [1.165, 1.54) is 11.3 Å². The molecule has 0 atom stereocenters. The van der Waals surface area contributed by atoms with E-state index in [9.17, 15) is 14.4 Å². The first-order chi connectivity index (χ1) is 7.54. The molecule has 6 heteroatoms. The van der Waals surface area contributed by atoms with Crippen LogP contribution in [0.2, 0.25) is 0 Å². The number of ether oxygens (including phenoxy) is 1. The van der Waals surface area contributed by atoms with Crippen molar-refractivity contribution in [3.63, 3.8) is 0 Å². The molecule has 1 heterocycles. The third-order valence-electron chi connectivity index (χ3n) is 1.67. The van der Waals surface area contributed by atoms with Crippen molar-refractivity contribution in [2.45, 2.75) is 13.3 Å². The summed E-state index contributed by atoms with van der Waals surface area (Å²) >= 11 is 4.43. The van der Waals surface area contributed by atoms with Gasteiger partial charge in [-0.3, -0.25) is 9.59 Å². The van der Waals surface area contributed by atoms with Gasteiger partial charge < -0.3 is 4.74 Å². The molecule has 0 bridgehead atoms. The van der Waals surface area contributed by atoms with E-state index in [1.807, 2.05) is 0 Å². The van der Waals surface area contributed by atoms with E-state index in [-0.39, 0.29) is 12.4 Å². The van der Waals surface area contributed by atoms with E-state index in [1.54, 1.807) is 18.4 Å². The summed E-state index contributed by atoms with van der Waals surface area (Å²) in [5, 5.41) is 1.74. The van der Waals surface area contributed by atoms with Gasteiger partial charge in [-0.05, 0) is 28.9 Å². The van der Waals surface area contributed by atoms with Crippen LogP contribution < -0.4 is 0 Å². The number of Topliss-reactive ketones (excluding diaryl/α,β-unsaturated/α-hetero) is 2. The second-order valence-electron chi connectivity index (χ2n) is 2.87. The quantitative estimate of drug-likeness (QED) is 0.362. The van der Waals surface area contributed by atoms with Gasteiger partial charge in [0.25, 0.3) is 0 Å². The topological polar surface area (TPSA) is 60.4 Å². The highest BCUT2D eigenvalue weighted by atomic mass is 79.9. The van der Waals surface area contributed by atoms with Gasteiger partial charge in [0.05, 0.1) is 17.9 Å². The number of carbonyl (C=O) groups is 3. The number of ketones is 2. The van der Waals surface area contributed by atoms with Crippen LogP contribution >= 0.6 is 27.3 Å². The molecule has 0 aromatic carbocycles. The van der Waals surface area contributed by atoms with Gasteiger partial charge in [0, 0.05) is 9.85 Å². The third-order valence-corrected chi connectivity index (χ3v) is 3.40.